The third kappa shape index (κ3) is 11.6. The van der Waals surface area contributed by atoms with Crippen LogP contribution in [0.15, 0.2) is 0 Å². The normalized spacial score (nSPS) is 15.2. The second-order valence-corrected chi connectivity index (χ2v) is 10.6. The first-order valence-electron chi connectivity index (χ1n) is 12.9. The van der Waals surface area contributed by atoms with Gasteiger partial charge in [-0.3, -0.25) is 24.0 Å². The number of carboxylic acid groups (broad SMARTS) is 2. The fourth-order valence-corrected chi connectivity index (χ4v) is 4.00. The molecule has 0 unspecified atom stereocenters. The molecule has 0 spiro atoms. The molecule has 14 nitrogen and oxygen atoms in total. The lowest BCUT2D eigenvalue weighted by atomic mass is 9.97. The number of hydrogen-bond donors (Lipinski definition) is 7. The summed E-state index contributed by atoms with van der Waals surface area (Å²) in [6.07, 6.45) is -0.269. The molecule has 0 aromatic heterocycles. The monoisotopic (exact) mass is 559 g/mol. The van der Waals surface area contributed by atoms with Crippen LogP contribution in [0.4, 0.5) is 0 Å². The number of amides is 4. The summed E-state index contributed by atoms with van der Waals surface area (Å²) in [5.74, 6) is -6.56. The Hall–Kier alpha value is -3.26. The quantitative estimate of drug-likeness (QED) is 0.113. The predicted octanol–water partition coefficient (Wildman–Crippen LogP) is -1.23. The molecule has 4 amide bonds. The van der Waals surface area contributed by atoms with E-state index in [0.29, 0.717) is 6.42 Å². The Morgan fingerprint density at radius 2 is 1.28 bits per heavy atom. The highest BCUT2D eigenvalue weighted by Gasteiger charge is 2.38. The van der Waals surface area contributed by atoms with E-state index in [-0.39, 0.29) is 5.92 Å². The number of carboxylic acids is 2. The van der Waals surface area contributed by atoms with Crippen molar-refractivity contribution in [3.8, 4) is 0 Å². The Morgan fingerprint density at radius 3 is 1.67 bits per heavy atom. The van der Waals surface area contributed by atoms with E-state index in [0.717, 1.165) is 4.90 Å². The van der Waals surface area contributed by atoms with E-state index < -0.39 is 90.6 Å². The topological polar surface area (TPSA) is 214 Å². The highest BCUT2D eigenvalue weighted by atomic mass is 16.4. The summed E-state index contributed by atoms with van der Waals surface area (Å²) >= 11 is 0. The summed E-state index contributed by atoms with van der Waals surface area (Å²) in [6.45, 7) is 9.50. The second kappa shape index (κ2) is 16.6. The zero-order chi connectivity index (χ0) is 30.6. The number of carbonyl (C=O) groups excluding carboxylic acids is 4. The molecule has 0 aliphatic carbocycles. The van der Waals surface area contributed by atoms with Crippen molar-refractivity contribution in [2.24, 2.45) is 17.8 Å². The number of hydrogen-bond acceptors (Lipinski definition) is 8. The van der Waals surface area contributed by atoms with Crippen LogP contribution < -0.4 is 21.3 Å². The van der Waals surface area contributed by atoms with Crippen LogP contribution in [-0.4, -0.2) is 107 Å². The summed E-state index contributed by atoms with van der Waals surface area (Å²) in [4.78, 5) is 75.9. The highest BCUT2D eigenvalue weighted by Crippen LogP contribution is 2.15. The minimum atomic E-state index is -1.57. The molecular weight excluding hydrogens is 514 g/mol. The first kappa shape index (κ1) is 35.7. The lowest BCUT2D eigenvalue weighted by molar-refractivity contribution is -0.147. The van der Waals surface area contributed by atoms with Gasteiger partial charge < -0.3 is 41.5 Å². The zero-order valence-electron chi connectivity index (χ0n) is 24.0. The van der Waals surface area contributed by atoms with Gasteiger partial charge in [0.1, 0.15) is 24.2 Å². The Balaban J connectivity index is 5.94. The van der Waals surface area contributed by atoms with Crippen LogP contribution >= 0.6 is 0 Å². The minimum Gasteiger partial charge on any atom is -0.481 e. The minimum absolute atomic E-state index is 0.146. The van der Waals surface area contributed by atoms with Crippen LogP contribution in [0.1, 0.15) is 54.4 Å². The molecule has 0 radical (unpaired) electrons. The van der Waals surface area contributed by atoms with Gasteiger partial charge >= 0.3 is 11.9 Å². The van der Waals surface area contributed by atoms with Gasteiger partial charge in [-0.1, -0.05) is 41.5 Å². The van der Waals surface area contributed by atoms with E-state index in [1.54, 1.807) is 34.7 Å². The molecule has 0 rings (SSSR count). The van der Waals surface area contributed by atoms with Crippen molar-refractivity contribution >= 4 is 35.6 Å². The number of aliphatic hydroxyl groups is 1. The second-order valence-electron chi connectivity index (χ2n) is 10.6. The van der Waals surface area contributed by atoms with Gasteiger partial charge in [-0.2, -0.15) is 0 Å². The molecular formula is C25H45N5O9. The largest absolute Gasteiger partial charge is 0.481 e. The fraction of sp³-hybridized carbons (Fsp3) is 0.760. The van der Waals surface area contributed by atoms with E-state index in [2.05, 4.69) is 21.3 Å². The smallest absolute Gasteiger partial charge is 0.328 e. The number of likely N-dealkylation sites (N-methyl/N-ethyl adjacent to an activating group) is 2. The van der Waals surface area contributed by atoms with Crippen LogP contribution in [0.25, 0.3) is 0 Å². The van der Waals surface area contributed by atoms with E-state index in [1.165, 1.54) is 7.05 Å². The lowest BCUT2D eigenvalue weighted by Crippen LogP contribution is -2.61. The highest BCUT2D eigenvalue weighted by molar-refractivity contribution is 5.96. The van der Waals surface area contributed by atoms with Gasteiger partial charge in [0.05, 0.1) is 19.1 Å². The average Bonchev–Trinajstić information content (AvgIpc) is 2.81. The Labute approximate surface area is 229 Å². The molecule has 0 saturated carbocycles. The average molecular weight is 560 g/mol. The molecule has 0 heterocycles. The third-order valence-corrected chi connectivity index (χ3v) is 6.07. The Bertz CT molecular complexity index is 878. The van der Waals surface area contributed by atoms with E-state index in [4.69, 9.17) is 5.11 Å². The van der Waals surface area contributed by atoms with Crippen molar-refractivity contribution in [2.45, 2.75) is 84.6 Å². The maximum atomic E-state index is 13.4. The molecule has 0 aromatic carbocycles. The van der Waals surface area contributed by atoms with Gasteiger partial charge in [-0.25, -0.2) is 4.79 Å². The van der Waals surface area contributed by atoms with Crippen LogP contribution in [0.2, 0.25) is 0 Å². The summed E-state index contributed by atoms with van der Waals surface area (Å²) in [5.41, 5.74) is 0. The van der Waals surface area contributed by atoms with Crippen LogP contribution in [0, 0.1) is 17.8 Å². The van der Waals surface area contributed by atoms with Crippen molar-refractivity contribution in [3.05, 3.63) is 0 Å². The maximum Gasteiger partial charge on any atom is 0.328 e. The van der Waals surface area contributed by atoms with E-state index in [9.17, 15) is 39.0 Å². The molecule has 39 heavy (non-hydrogen) atoms. The molecule has 0 fully saturated rings. The molecule has 0 aliphatic rings. The zero-order valence-corrected chi connectivity index (χ0v) is 24.0. The molecule has 224 valence electrons. The van der Waals surface area contributed by atoms with Gasteiger partial charge in [0, 0.05) is 7.05 Å². The van der Waals surface area contributed by atoms with Gasteiger partial charge in [0.2, 0.25) is 23.6 Å². The van der Waals surface area contributed by atoms with Crippen LogP contribution in [0.5, 0.6) is 0 Å². The van der Waals surface area contributed by atoms with Crippen LogP contribution in [0.3, 0.4) is 0 Å². The SMILES string of the molecule is CN[C@@H](CC(C)C)C(=O)N[C@@H](CC(=O)O)C(=O)N(C)[C@H](C(=O)N[C@H](C(=O)N[C@@H](CO)C(=O)O)C(C)C)C(C)C. The summed E-state index contributed by atoms with van der Waals surface area (Å²) in [5, 5.41) is 37.7. The Kier molecular flexibility index (Phi) is 15.3. The van der Waals surface area contributed by atoms with Crippen molar-refractivity contribution in [3.63, 3.8) is 0 Å². The summed E-state index contributed by atoms with van der Waals surface area (Å²) < 4.78 is 0. The Morgan fingerprint density at radius 1 is 0.744 bits per heavy atom. The summed E-state index contributed by atoms with van der Waals surface area (Å²) in [6, 6.07) is -6.05. The van der Waals surface area contributed by atoms with Gasteiger partial charge in [0.15, 0.2) is 0 Å². The number of aliphatic hydroxyl groups excluding tert-OH is 1. The fourth-order valence-electron chi connectivity index (χ4n) is 4.00. The number of aliphatic carboxylic acids is 2. The lowest BCUT2D eigenvalue weighted by Gasteiger charge is -2.34. The summed E-state index contributed by atoms with van der Waals surface area (Å²) in [7, 11) is 2.88. The van der Waals surface area contributed by atoms with Gasteiger partial charge in [-0.05, 0) is 31.2 Å². The number of nitrogens with zero attached hydrogens (tertiary/aromatic N) is 1. The standard InChI is InChI=1S/C25H45N5O9/c1-12(2)9-15(26-7)21(34)27-16(10-18(32)33)24(37)30(8)20(14(5)6)23(36)29-19(13(3)4)22(35)28-17(11-31)25(38)39/h12-17,19-20,26,31H,9-11H2,1-8H3,(H,27,34)(H,28,35)(H,29,36)(H,32,33)(H,38,39)/t15-,16-,17-,19-,20-/m0/s1. The molecule has 7 N–H and O–H groups in total. The molecule has 0 saturated heterocycles. The van der Waals surface area contributed by atoms with Crippen molar-refractivity contribution in [2.75, 3.05) is 20.7 Å². The van der Waals surface area contributed by atoms with Gasteiger partial charge in [0.25, 0.3) is 0 Å². The van der Waals surface area contributed by atoms with E-state index in [1.807, 2.05) is 13.8 Å². The molecule has 14 heteroatoms. The van der Waals surface area contributed by atoms with Crippen molar-refractivity contribution in [1.29, 1.82) is 0 Å². The molecule has 0 aliphatic heterocycles. The third-order valence-electron chi connectivity index (χ3n) is 6.07. The molecule has 0 bridgehead atoms. The molecule has 0 aromatic rings. The first-order chi connectivity index (χ1) is 18.0. The number of carbonyl (C=O) groups is 6. The predicted molar refractivity (Wildman–Crippen MR) is 141 cm³/mol. The number of rotatable bonds is 17. The van der Waals surface area contributed by atoms with Gasteiger partial charge in [-0.15, -0.1) is 0 Å². The molecule has 5 atom stereocenters. The van der Waals surface area contributed by atoms with Crippen LogP contribution in [-0.2, 0) is 28.8 Å². The van der Waals surface area contributed by atoms with Crippen molar-refractivity contribution in [1.82, 2.24) is 26.2 Å². The number of nitrogens with one attached hydrogen (secondary N) is 4. The maximum absolute atomic E-state index is 13.4. The van der Waals surface area contributed by atoms with Crippen molar-refractivity contribution < 1.29 is 44.1 Å². The first-order valence-corrected chi connectivity index (χ1v) is 12.9. The van der Waals surface area contributed by atoms with E-state index >= 15 is 0 Å².